The Kier molecular flexibility index (Phi) is 63.7. The molecule has 3 N–H and O–H groups in total. The maximum absolute atomic E-state index is 13.0. The first-order valence-electron chi connectivity index (χ1n) is 38.0. The average molecular weight is 1350 g/mol. The van der Waals surface area contributed by atoms with E-state index in [0.29, 0.717) is 25.7 Å². The van der Waals surface area contributed by atoms with Crippen LogP contribution in [0.4, 0.5) is 0 Å². The molecule has 0 heterocycles. The van der Waals surface area contributed by atoms with Crippen LogP contribution in [0.25, 0.3) is 0 Å². The summed E-state index contributed by atoms with van der Waals surface area (Å²) in [7, 11) is -9.90. The van der Waals surface area contributed by atoms with Crippen LogP contribution < -0.4 is 0 Å². The number of hydrogen-bond acceptors (Lipinski definition) is 15. The average Bonchev–Trinajstić information content (AvgIpc) is 1.94. The summed E-state index contributed by atoms with van der Waals surface area (Å²) in [6, 6.07) is 0. The lowest BCUT2D eigenvalue weighted by molar-refractivity contribution is -0.161. The second kappa shape index (κ2) is 65.0. The van der Waals surface area contributed by atoms with Gasteiger partial charge in [0.25, 0.3) is 0 Å². The van der Waals surface area contributed by atoms with Gasteiger partial charge in [0.2, 0.25) is 0 Å². The SMILES string of the molecule is CCCCCCCCCCCCCCCCCCCCC(=O)O[C@H](COC(=O)CCCCCCCCCCCCCCC(C)C)COP(=O)(O)OC[C@@H](O)COP(=O)(O)OC[C@@H](COC(=O)CCCCCCC)OC(=O)CCCCCCCCCCCCC(C)CC. The Balaban J connectivity index is 5.15. The zero-order valence-corrected chi connectivity index (χ0v) is 61.6. The van der Waals surface area contributed by atoms with Crippen molar-refractivity contribution < 1.29 is 80.2 Å². The van der Waals surface area contributed by atoms with E-state index in [9.17, 15) is 43.2 Å². The molecule has 0 amide bonds. The van der Waals surface area contributed by atoms with Crippen LogP contribution in [0.15, 0.2) is 0 Å². The predicted molar refractivity (Wildman–Crippen MR) is 372 cm³/mol. The molecule has 0 aromatic rings. The third-order valence-electron chi connectivity index (χ3n) is 17.3. The number of carbonyl (C=O) groups is 4. The first-order valence-corrected chi connectivity index (χ1v) is 41.0. The number of hydrogen-bond donors (Lipinski definition) is 3. The minimum absolute atomic E-state index is 0.105. The molecule has 0 aliphatic carbocycles. The molecule has 0 spiro atoms. The van der Waals surface area contributed by atoms with Crippen molar-refractivity contribution >= 4 is 39.5 Å². The molecule has 0 saturated heterocycles. The van der Waals surface area contributed by atoms with Gasteiger partial charge in [-0.15, -0.1) is 0 Å². The third-order valence-corrected chi connectivity index (χ3v) is 19.2. The summed E-state index contributed by atoms with van der Waals surface area (Å²) in [5.74, 6) is -0.545. The lowest BCUT2D eigenvalue weighted by Crippen LogP contribution is -2.30. The summed E-state index contributed by atoms with van der Waals surface area (Å²) < 4.78 is 68.2. The Labute approximate surface area is 562 Å². The highest BCUT2D eigenvalue weighted by molar-refractivity contribution is 7.47. The zero-order valence-electron chi connectivity index (χ0n) is 59.9. The number of rotatable bonds is 72. The van der Waals surface area contributed by atoms with E-state index in [-0.39, 0.29) is 25.7 Å². The molecule has 0 aliphatic rings. The van der Waals surface area contributed by atoms with Crippen LogP contribution in [0.3, 0.4) is 0 Å². The summed E-state index contributed by atoms with van der Waals surface area (Å²) in [5.41, 5.74) is 0. The summed E-state index contributed by atoms with van der Waals surface area (Å²) >= 11 is 0. The number of aliphatic hydroxyl groups excluding tert-OH is 1. The van der Waals surface area contributed by atoms with Gasteiger partial charge in [-0.05, 0) is 37.5 Å². The molecule has 92 heavy (non-hydrogen) atoms. The molecule has 0 aromatic carbocycles. The Morgan fingerprint density at radius 3 is 0.826 bits per heavy atom. The Morgan fingerprint density at radius 1 is 0.315 bits per heavy atom. The van der Waals surface area contributed by atoms with E-state index in [0.717, 1.165) is 108 Å². The highest BCUT2D eigenvalue weighted by Crippen LogP contribution is 2.45. The van der Waals surface area contributed by atoms with E-state index in [1.165, 1.54) is 186 Å². The van der Waals surface area contributed by atoms with Crippen LogP contribution in [0.5, 0.6) is 0 Å². The van der Waals surface area contributed by atoms with Crippen LogP contribution in [0, 0.1) is 11.8 Å². The molecule has 3 unspecified atom stereocenters. The molecule has 0 aromatic heterocycles. The molecule has 0 radical (unpaired) electrons. The van der Waals surface area contributed by atoms with Crippen LogP contribution in [-0.2, 0) is 65.4 Å². The number of phosphoric ester groups is 2. The molecule has 0 aliphatic heterocycles. The van der Waals surface area contributed by atoms with Gasteiger partial charge in [-0.1, -0.05) is 324 Å². The summed E-state index contributed by atoms with van der Waals surface area (Å²) in [4.78, 5) is 72.4. The highest BCUT2D eigenvalue weighted by Gasteiger charge is 2.30. The van der Waals surface area contributed by atoms with Crippen molar-refractivity contribution in [2.45, 2.75) is 394 Å². The number of phosphoric acid groups is 2. The van der Waals surface area contributed by atoms with E-state index in [2.05, 4.69) is 41.5 Å². The first kappa shape index (κ1) is 90.1. The fourth-order valence-corrected chi connectivity index (χ4v) is 12.7. The Bertz CT molecular complexity index is 1790. The molecule has 0 bridgehead atoms. The topological polar surface area (TPSA) is 237 Å². The molecule has 0 fully saturated rings. The number of esters is 4. The van der Waals surface area contributed by atoms with Gasteiger partial charge in [0.05, 0.1) is 26.4 Å². The minimum atomic E-state index is -4.95. The largest absolute Gasteiger partial charge is 0.472 e. The summed E-state index contributed by atoms with van der Waals surface area (Å²) in [6.45, 7) is 9.52. The van der Waals surface area contributed by atoms with E-state index >= 15 is 0 Å². The lowest BCUT2D eigenvalue weighted by Gasteiger charge is -2.21. The maximum atomic E-state index is 13.0. The van der Waals surface area contributed by atoms with E-state index < -0.39 is 97.5 Å². The van der Waals surface area contributed by atoms with Gasteiger partial charge in [0.1, 0.15) is 19.3 Å². The van der Waals surface area contributed by atoms with Gasteiger partial charge in [0, 0.05) is 25.7 Å². The van der Waals surface area contributed by atoms with E-state index in [1.807, 2.05) is 0 Å². The molecule has 19 heteroatoms. The molecule has 0 rings (SSSR count). The van der Waals surface area contributed by atoms with Crippen LogP contribution in [0.1, 0.15) is 375 Å². The number of carbonyl (C=O) groups excluding carboxylic acids is 4. The summed E-state index contributed by atoms with van der Waals surface area (Å²) in [5, 5.41) is 10.6. The third kappa shape index (κ3) is 65.4. The standard InChI is InChI=1S/C73H142O17P2/c1-7-10-12-14-15-16-17-18-19-20-21-22-23-28-34-39-45-51-57-73(78)90-69(62-84-71(76)56-50-44-38-33-27-25-24-26-31-36-42-47-53-65(4)5)64-88-92(81,82)86-60-67(74)59-85-91(79,80)87-63-68(61-83-70(75)55-49-41-13-11-8-2)89-72(77)58-52-46-40-35-30-29-32-37-43-48-54-66(6)9-3/h65-69,74H,7-64H2,1-6H3,(H,79,80)(H,81,82)/t66?,67-,68+,69+/m0/s1. The second-order valence-corrected chi connectivity index (χ2v) is 30.0. The molecule has 17 nitrogen and oxygen atoms in total. The van der Waals surface area contributed by atoms with Crippen molar-refractivity contribution in [3.05, 3.63) is 0 Å². The van der Waals surface area contributed by atoms with E-state index in [4.69, 9.17) is 37.0 Å². The number of ether oxygens (including phenoxy) is 4. The van der Waals surface area contributed by atoms with Crippen molar-refractivity contribution in [1.29, 1.82) is 0 Å². The van der Waals surface area contributed by atoms with Crippen LogP contribution >= 0.6 is 15.6 Å². The van der Waals surface area contributed by atoms with Gasteiger partial charge >= 0.3 is 39.5 Å². The van der Waals surface area contributed by atoms with Crippen LogP contribution in [-0.4, -0.2) is 96.7 Å². The Hall–Kier alpha value is -1.94. The van der Waals surface area contributed by atoms with Crippen LogP contribution in [0.2, 0.25) is 0 Å². The van der Waals surface area contributed by atoms with Crippen molar-refractivity contribution in [2.24, 2.45) is 11.8 Å². The fraction of sp³-hybridized carbons (Fsp3) is 0.945. The second-order valence-electron chi connectivity index (χ2n) is 27.1. The minimum Gasteiger partial charge on any atom is -0.462 e. The number of unbranched alkanes of at least 4 members (excludes halogenated alkanes) is 41. The summed E-state index contributed by atoms with van der Waals surface area (Å²) in [6.07, 6.45) is 51.6. The zero-order chi connectivity index (χ0) is 67.9. The van der Waals surface area contributed by atoms with Crippen molar-refractivity contribution in [2.75, 3.05) is 39.6 Å². The lowest BCUT2D eigenvalue weighted by atomic mass is 9.99. The van der Waals surface area contributed by atoms with Gasteiger partial charge in [-0.25, -0.2) is 9.13 Å². The Morgan fingerprint density at radius 2 is 0.554 bits per heavy atom. The molecule has 546 valence electrons. The molecular formula is C73H142O17P2. The van der Waals surface area contributed by atoms with Crippen molar-refractivity contribution in [3.8, 4) is 0 Å². The van der Waals surface area contributed by atoms with E-state index in [1.54, 1.807) is 0 Å². The normalized spacial score (nSPS) is 14.4. The van der Waals surface area contributed by atoms with Gasteiger partial charge < -0.3 is 33.8 Å². The quantitative estimate of drug-likeness (QED) is 0.0222. The number of aliphatic hydroxyl groups is 1. The molecular weight excluding hydrogens is 1210 g/mol. The fourth-order valence-electron chi connectivity index (χ4n) is 11.1. The monoisotopic (exact) mass is 1350 g/mol. The molecule has 0 saturated carbocycles. The van der Waals surface area contributed by atoms with Gasteiger partial charge in [0.15, 0.2) is 12.2 Å². The smallest absolute Gasteiger partial charge is 0.462 e. The maximum Gasteiger partial charge on any atom is 0.472 e. The first-order chi connectivity index (χ1) is 44.4. The molecule has 6 atom stereocenters. The van der Waals surface area contributed by atoms with Crippen molar-refractivity contribution in [1.82, 2.24) is 0 Å². The van der Waals surface area contributed by atoms with Crippen molar-refractivity contribution in [3.63, 3.8) is 0 Å². The van der Waals surface area contributed by atoms with Gasteiger partial charge in [-0.2, -0.15) is 0 Å². The highest BCUT2D eigenvalue weighted by atomic mass is 31.2. The van der Waals surface area contributed by atoms with Gasteiger partial charge in [-0.3, -0.25) is 37.3 Å². The predicted octanol–water partition coefficient (Wildman–Crippen LogP) is 21.2.